The van der Waals surface area contributed by atoms with Gasteiger partial charge in [0.15, 0.2) is 17.3 Å². The maximum absolute atomic E-state index is 13.5. The molecule has 2 aromatic rings. The van der Waals surface area contributed by atoms with Crippen molar-refractivity contribution in [3.63, 3.8) is 0 Å². The molecule has 2 N–H and O–H groups in total. The molecule has 11 heteroatoms. The van der Waals surface area contributed by atoms with Crippen LogP contribution in [0.5, 0.6) is 5.75 Å². The fourth-order valence-electron chi connectivity index (χ4n) is 5.86. The number of rotatable bonds is 9. The van der Waals surface area contributed by atoms with Gasteiger partial charge in [0.25, 0.3) is 5.91 Å². The van der Waals surface area contributed by atoms with Crippen LogP contribution in [0, 0.1) is 0 Å². The molecule has 0 aliphatic carbocycles. The fourth-order valence-corrected chi connectivity index (χ4v) is 5.99. The molecule has 3 fully saturated rings. The third kappa shape index (κ3) is 7.03. The first-order valence-corrected chi connectivity index (χ1v) is 14.6. The molecule has 4 atom stereocenters. The molecule has 40 heavy (non-hydrogen) atoms. The van der Waals surface area contributed by atoms with Gasteiger partial charge in [0, 0.05) is 50.5 Å². The van der Waals surface area contributed by atoms with E-state index in [0.717, 1.165) is 55.7 Å². The van der Waals surface area contributed by atoms with Crippen molar-refractivity contribution in [3.8, 4) is 5.75 Å². The van der Waals surface area contributed by atoms with E-state index >= 15 is 0 Å². The van der Waals surface area contributed by atoms with Gasteiger partial charge in [0.1, 0.15) is 6.33 Å². The van der Waals surface area contributed by atoms with Gasteiger partial charge in [0.05, 0.1) is 32.0 Å². The number of nitrogens with one attached hydrogen (secondary N) is 2. The number of ether oxygens (including phenoxy) is 4. The zero-order valence-corrected chi connectivity index (χ0v) is 24.1. The van der Waals surface area contributed by atoms with E-state index in [4.69, 9.17) is 30.5 Å². The van der Waals surface area contributed by atoms with Crippen molar-refractivity contribution in [2.24, 2.45) is 0 Å². The van der Waals surface area contributed by atoms with Gasteiger partial charge >= 0.3 is 0 Å². The first kappa shape index (κ1) is 29.0. The van der Waals surface area contributed by atoms with Gasteiger partial charge in [-0.1, -0.05) is 23.7 Å². The Morgan fingerprint density at radius 1 is 1.10 bits per heavy atom. The summed E-state index contributed by atoms with van der Waals surface area (Å²) in [6.07, 6.45) is 7.17. The number of carbonyl (C=O) groups is 1. The van der Waals surface area contributed by atoms with Gasteiger partial charge in [-0.05, 0) is 56.2 Å². The van der Waals surface area contributed by atoms with E-state index in [0.29, 0.717) is 43.9 Å². The summed E-state index contributed by atoms with van der Waals surface area (Å²) in [7, 11) is 3.28. The van der Waals surface area contributed by atoms with E-state index in [1.54, 1.807) is 14.2 Å². The second-order valence-electron chi connectivity index (χ2n) is 10.7. The largest absolute Gasteiger partial charge is 0.491 e. The molecular formula is C29H40ClN5O5. The SMILES string of the molecule is COc1c(NC[C@H]2CCC[C@@H](c3ccc(Cl)cc3)O2)ncnc1C(=O)N1CCC(N[C@H]2CCOC[C@H]2OC)CC1. The zero-order valence-electron chi connectivity index (χ0n) is 23.3. The minimum atomic E-state index is -0.140. The highest BCUT2D eigenvalue weighted by atomic mass is 35.5. The lowest BCUT2D eigenvalue weighted by molar-refractivity contribution is -0.0533. The lowest BCUT2D eigenvalue weighted by atomic mass is 9.98. The average molecular weight is 574 g/mol. The number of nitrogens with zero attached hydrogens (tertiary/aromatic N) is 3. The Balaban J connectivity index is 1.16. The van der Waals surface area contributed by atoms with E-state index in [-0.39, 0.29) is 36.0 Å². The third-order valence-electron chi connectivity index (χ3n) is 8.14. The Labute approximate surface area is 241 Å². The molecule has 1 aromatic carbocycles. The molecule has 0 spiro atoms. The molecule has 3 saturated heterocycles. The Bertz CT molecular complexity index is 1110. The highest BCUT2D eigenvalue weighted by Crippen LogP contribution is 2.33. The highest BCUT2D eigenvalue weighted by molar-refractivity contribution is 6.30. The smallest absolute Gasteiger partial charge is 0.276 e. The maximum atomic E-state index is 13.5. The fraction of sp³-hybridized carbons (Fsp3) is 0.621. The minimum Gasteiger partial charge on any atom is -0.491 e. The summed E-state index contributed by atoms with van der Waals surface area (Å²) in [4.78, 5) is 24.0. The number of likely N-dealkylation sites (tertiary alicyclic amines) is 1. The van der Waals surface area contributed by atoms with Crippen LogP contribution in [0.15, 0.2) is 30.6 Å². The Morgan fingerprint density at radius 3 is 2.65 bits per heavy atom. The van der Waals surface area contributed by atoms with Crippen molar-refractivity contribution in [3.05, 3.63) is 46.9 Å². The normalized spacial score (nSPS) is 25.9. The average Bonchev–Trinajstić information content (AvgIpc) is 3.00. The number of aromatic nitrogens is 2. The summed E-state index contributed by atoms with van der Waals surface area (Å²) in [6.45, 7) is 3.21. The second kappa shape index (κ2) is 13.9. The Kier molecular flexibility index (Phi) is 10.1. The van der Waals surface area contributed by atoms with Crippen molar-refractivity contribution in [2.45, 2.75) is 68.9 Å². The quantitative estimate of drug-likeness (QED) is 0.462. The molecule has 10 nitrogen and oxygen atoms in total. The number of hydrogen-bond acceptors (Lipinski definition) is 9. The molecule has 0 saturated carbocycles. The van der Waals surface area contributed by atoms with Crippen LogP contribution in [-0.2, 0) is 14.2 Å². The predicted octanol–water partition coefficient (Wildman–Crippen LogP) is 3.86. The molecule has 1 aromatic heterocycles. The van der Waals surface area contributed by atoms with Gasteiger partial charge in [-0.3, -0.25) is 4.79 Å². The summed E-state index contributed by atoms with van der Waals surface area (Å²) in [6, 6.07) is 8.45. The molecule has 0 unspecified atom stereocenters. The van der Waals surface area contributed by atoms with Crippen LogP contribution in [0.25, 0.3) is 0 Å². The second-order valence-corrected chi connectivity index (χ2v) is 11.1. The summed E-state index contributed by atoms with van der Waals surface area (Å²) < 4.78 is 23.2. The topological polar surface area (TPSA) is 107 Å². The molecule has 4 heterocycles. The summed E-state index contributed by atoms with van der Waals surface area (Å²) in [5, 5.41) is 7.80. The summed E-state index contributed by atoms with van der Waals surface area (Å²) in [5.74, 6) is 0.723. The minimum absolute atomic E-state index is 0.00760. The van der Waals surface area contributed by atoms with Crippen LogP contribution in [0.1, 0.15) is 60.7 Å². The number of amides is 1. The van der Waals surface area contributed by atoms with Crippen molar-refractivity contribution in [1.29, 1.82) is 0 Å². The number of piperidine rings is 1. The highest BCUT2D eigenvalue weighted by Gasteiger charge is 2.32. The van der Waals surface area contributed by atoms with Crippen molar-refractivity contribution >= 4 is 23.3 Å². The molecular weight excluding hydrogens is 534 g/mol. The molecule has 1 amide bonds. The summed E-state index contributed by atoms with van der Waals surface area (Å²) >= 11 is 6.05. The van der Waals surface area contributed by atoms with Gasteiger partial charge in [-0.2, -0.15) is 0 Å². The first-order chi connectivity index (χ1) is 19.6. The van der Waals surface area contributed by atoms with Gasteiger partial charge in [0.2, 0.25) is 0 Å². The number of anilines is 1. The van der Waals surface area contributed by atoms with Crippen LogP contribution in [-0.4, -0.2) is 92.1 Å². The van der Waals surface area contributed by atoms with Crippen molar-refractivity contribution < 1.29 is 23.7 Å². The predicted molar refractivity (Wildman–Crippen MR) is 152 cm³/mol. The van der Waals surface area contributed by atoms with E-state index < -0.39 is 0 Å². The van der Waals surface area contributed by atoms with Crippen molar-refractivity contribution in [2.75, 3.05) is 52.4 Å². The summed E-state index contributed by atoms with van der Waals surface area (Å²) in [5.41, 5.74) is 1.41. The first-order valence-electron chi connectivity index (χ1n) is 14.2. The molecule has 218 valence electrons. The van der Waals surface area contributed by atoms with Gasteiger partial charge in [-0.25, -0.2) is 9.97 Å². The molecule has 5 rings (SSSR count). The Hall–Kier alpha value is -2.50. The molecule has 0 bridgehead atoms. The lowest BCUT2D eigenvalue weighted by Crippen LogP contribution is -2.54. The van der Waals surface area contributed by atoms with Crippen molar-refractivity contribution in [1.82, 2.24) is 20.2 Å². The van der Waals surface area contributed by atoms with Crippen LogP contribution >= 0.6 is 11.6 Å². The number of methoxy groups -OCH3 is 2. The van der Waals surface area contributed by atoms with Crippen LogP contribution in [0.4, 0.5) is 5.82 Å². The van der Waals surface area contributed by atoms with E-state index in [9.17, 15) is 4.79 Å². The van der Waals surface area contributed by atoms with Crippen LogP contribution in [0.3, 0.4) is 0 Å². The number of carbonyl (C=O) groups excluding carboxylic acids is 1. The lowest BCUT2D eigenvalue weighted by Gasteiger charge is -2.38. The van der Waals surface area contributed by atoms with Gasteiger partial charge < -0.3 is 34.5 Å². The van der Waals surface area contributed by atoms with E-state index in [1.165, 1.54) is 6.33 Å². The standard InChI is InChI=1S/C29H40ClN5O5/c1-37-25-17-39-15-12-23(25)34-21-10-13-35(14-11-21)29(36)26-27(38-2)28(33-18-32-26)31-16-22-4-3-5-24(40-22)19-6-8-20(30)9-7-19/h6-9,18,21-25,34H,3-5,10-17H2,1-2H3,(H,31,32,33)/t22-,23+,24+,25-/m1/s1. The van der Waals surface area contributed by atoms with Crippen LogP contribution < -0.4 is 15.4 Å². The maximum Gasteiger partial charge on any atom is 0.276 e. The molecule has 0 radical (unpaired) electrons. The van der Waals surface area contributed by atoms with E-state index in [1.807, 2.05) is 29.2 Å². The third-order valence-corrected chi connectivity index (χ3v) is 8.39. The number of benzene rings is 1. The zero-order chi connectivity index (χ0) is 27.9. The van der Waals surface area contributed by atoms with E-state index in [2.05, 4.69) is 20.6 Å². The Morgan fingerprint density at radius 2 is 1.90 bits per heavy atom. The van der Waals surface area contributed by atoms with Gasteiger partial charge in [-0.15, -0.1) is 0 Å². The van der Waals surface area contributed by atoms with Crippen LogP contribution in [0.2, 0.25) is 5.02 Å². The molecule has 3 aliphatic rings. The number of halogens is 1. The number of hydrogen-bond donors (Lipinski definition) is 2. The monoisotopic (exact) mass is 573 g/mol. The molecule has 3 aliphatic heterocycles.